The van der Waals surface area contributed by atoms with Crippen LogP contribution in [0.4, 0.5) is 0 Å². The van der Waals surface area contributed by atoms with Gasteiger partial charge in [-0.2, -0.15) is 5.10 Å². The summed E-state index contributed by atoms with van der Waals surface area (Å²) in [6.07, 6.45) is 1.91. The molecule has 0 aliphatic rings. The molecule has 0 radical (unpaired) electrons. The summed E-state index contributed by atoms with van der Waals surface area (Å²) in [5.41, 5.74) is 2.65. The van der Waals surface area contributed by atoms with E-state index in [2.05, 4.69) is 59.8 Å². The molecule has 0 fully saturated rings. The Hall–Kier alpha value is -1.42. The van der Waals surface area contributed by atoms with E-state index in [1.165, 1.54) is 11.1 Å². The van der Waals surface area contributed by atoms with Gasteiger partial charge < -0.3 is 4.57 Å². The van der Waals surface area contributed by atoms with E-state index in [0.717, 1.165) is 18.7 Å². The molecule has 0 amide bonds. The zero-order valence-corrected chi connectivity index (χ0v) is 11.9. The molecule has 0 saturated carbocycles. The van der Waals surface area contributed by atoms with Gasteiger partial charge in [-0.3, -0.25) is 5.10 Å². The number of hydrogen-bond donors (Lipinski definition) is 1. The fraction of sp³-hybridized carbons (Fsp3) is 0.429. The standard InChI is InChI=1S/C14H19N3S/c1-10(2)17-13(15-16-14(17)18)8-7-12-6-4-5-11(3)9-12/h4-6,9-10H,7-8H2,1-3H3,(H,16,18). The van der Waals surface area contributed by atoms with Crippen molar-refractivity contribution < 1.29 is 0 Å². The minimum atomic E-state index is 0.351. The van der Waals surface area contributed by atoms with Crippen LogP contribution in [0.3, 0.4) is 0 Å². The predicted octanol–water partition coefficient (Wildman–Crippen LogP) is 3.62. The van der Waals surface area contributed by atoms with E-state index < -0.39 is 0 Å². The van der Waals surface area contributed by atoms with Crippen LogP contribution in [0.5, 0.6) is 0 Å². The van der Waals surface area contributed by atoms with Crippen molar-refractivity contribution in [2.45, 2.75) is 39.7 Å². The van der Waals surface area contributed by atoms with Crippen molar-refractivity contribution in [2.24, 2.45) is 0 Å². The molecular weight excluding hydrogens is 242 g/mol. The Balaban J connectivity index is 2.14. The molecule has 1 N–H and O–H groups in total. The molecule has 0 aliphatic heterocycles. The number of benzene rings is 1. The summed E-state index contributed by atoms with van der Waals surface area (Å²) in [4.78, 5) is 0. The second-order valence-corrected chi connectivity index (χ2v) is 5.28. The summed E-state index contributed by atoms with van der Waals surface area (Å²) in [5.74, 6) is 1.04. The Kier molecular flexibility index (Phi) is 3.97. The van der Waals surface area contributed by atoms with E-state index in [4.69, 9.17) is 12.2 Å². The lowest BCUT2D eigenvalue weighted by atomic mass is 10.1. The van der Waals surface area contributed by atoms with Gasteiger partial charge >= 0.3 is 0 Å². The Bertz CT molecular complexity index is 581. The van der Waals surface area contributed by atoms with Gasteiger partial charge in [0, 0.05) is 12.5 Å². The average Bonchev–Trinajstić information content (AvgIpc) is 2.68. The van der Waals surface area contributed by atoms with E-state index in [1.807, 2.05) is 0 Å². The average molecular weight is 261 g/mol. The molecule has 18 heavy (non-hydrogen) atoms. The van der Waals surface area contributed by atoms with Crippen LogP contribution in [0.15, 0.2) is 24.3 Å². The highest BCUT2D eigenvalue weighted by atomic mass is 32.1. The lowest BCUT2D eigenvalue weighted by molar-refractivity contribution is 0.559. The predicted molar refractivity (Wildman–Crippen MR) is 76.4 cm³/mol. The quantitative estimate of drug-likeness (QED) is 0.853. The number of H-pyrrole nitrogens is 1. The SMILES string of the molecule is Cc1cccc(CCc2n[nH]c(=S)n2C(C)C)c1. The summed E-state index contributed by atoms with van der Waals surface area (Å²) in [6, 6.07) is 8.95. The summed E-state index contributed by atoms with van der Waals surface area (Å²) in [6.45, 7) is 6.37. The van der Waals surface area contributed by atoms with Gasteiger partial charge in [0.2, 0.25) is 0 Å². The normalized spacial score (nSPS) is 11.1. The fourth-order valence-corrected chi connectivity index (χ4v) is 2.53. The first-order chi connectivity index (χ1) is 8.58. The molecule has 0 unspecified atom stereocenters. The van der Waals surface area contributed by atoms with Gasteiger partial charge in [-0.1, -0.05) is 29.8 Å². The third-order valence-corrected chi connectivity index (χ3v) is 3.30. The summed E-state index contributed by atoms with van der Waals surface area (Å²) >= 11 is 5.25. The first kappa shape index (κ1) is 13.0. The Morgan fingerprint density at radius 1 is 1.33 bits per heavy atom. The van der Waals surface area contributed by atoms with Crippen LogP contribution >= 0.6 is 12.2 Å². The van der Waals surface area contributed by atoms with E-state index in [1.54, 1.807) is 0 Å². The third-order valence-electron chi connectivity index (χ3n) is 3.01. The Labute approximate surface area is 113 Å². The van der Waals surface area contributed by atoms with Crippen LogP contribution in [0.1, 0.15) is 36.8 Å². The summed E-state index contributed by atoms with van der Waals surface area (Å²) in [7, 11) is 0. The molecule has 1 aromatic heterocycles. The lowest BCUT2D eigenvalue weighted by Gasteiger charge is -2.10. The van der Waals surface area contributed by atoms with Crippen LogP contribution in [0.2, 0.25) is 0 Å². The van der Waals surface area contributed by atoms with Gasteiger partial charge in [0.15, 0.2) is 4.77 Å². The second kappa shape index (κ2) is 5.48. The molecule has 2 rings (SSSR count). The van der Waals surface area contributed by atoms with E-state index >= 15 is 0 Å². The zero-order valence-electron chi connectivity index (χ0n) is 11.1. The van der Waals surface area contributed by atoms with Crippen molar-refractivity contribution in [3.05, 3.63) is 46.0 Å². The van der Waals surface area contributed by atoms with Gasteiger partial charge in [0.1, 0.15) is 5.82 Å². The topological polar surface area (TPSA) is 33.6 Å². The monoisotopic (exact) mass is 261 g/mol. The number of nitrogens with zero attached hydrogens (tertiary/aromatic N) is 2. The number of rotatable bonds is 4. The van der Waals surface area contributed by atoms with Crippen molar-refractivity contribution in [3.8, 4) is 0 Å². The number of aryl methyl sites for hydroxylation is 3. The van der Waals surface area contributed by atoms with Gasteiger partial charge in [-0.05, 0) is 45.0 Å². The van der Waals surface area contributed by atoms with Crippen LogP contribution in [0, 0.1) is 11.7 Å². The van der Waals surface area contributed by atoms with E-state index in [-0.39, 0.29) is 0 Å². The molecule has 1 heterocycles. The van der Waals surface area contributed by atoms with Gasteiger partial charge in [-0.25, -0.2) is 0 Å². The van der Waals surface area contributed by atoms with Crippen molar-refractivity contribution in [3.63, 3.8) is 0 Å². The van der Waals surface area contributed by atoms with Crippen LogP contribution < -0.4 is 0 Å². The van der Waals surface area contributed by atoms with Gasteiger partial charge in [0.25, 0.3) is 0 Å². The fourth-order valence-electron chi connectivity index (χ4n) is 2.17. The van der Waals surface area contributed by atoms with E-state index in [0.29, 0.717) is 10.8 Å². The molecule has 3 nitrogen and oxygen atoms in total. The molecule has 0 spiro atoms. The number of hydrogen-bond acceptors (Lipinski definition) is 2. The van der Waals surface area contributed by atoms with Crippen molar-refractivity contribution in [2.75, 3.05) is 0 Å². The number of aromatic amines is 1. The molecule has 0 aliphatic carbocycles. The maximum absolute atomic E-state index is 5.25. The van der Waals surface area contributed by atoms with Crippen LogP contribution in [0.25, 0.3) is 0 Å². The molecule has 0 bridgehead atoms. The maximum atomic E-state index is 5.25. The molecule has 0 saturated heterocycles. The Morgan fingerprint density at radius 2 is 2.11 bits per heavy atom. The highest BCUT2D eigenvalue weighted by Crippen LogP contribution is 2.12. The minimum Gasteiger partial charge on any atom is -0.302 e. The van der Waals surface area contributed by atoms with Crippen molar-refractivity contribution in [1.29, 1.82) is 0 Å². The molecule has 4 heteroatoms. The highest BCUT2D eigenvalue weighted by Gasteiger charge is 2.09. The van der Waals surface area contributed by atoms with Crippen LogP contribution in [-0.4, -0.2) is 14.8 Å². The third kappa shape index (κ3) is 2.88. The smallest absolute Gasteiger partial charge is 0.195 e. The largest absolute Gasteiger partial charge is 0.302 e. The molecule has 2 aromatic rings. The van der Waals surface area contributed by atoms with Gasteiger partial charge in [-0.15, -0.1) is 0 Å². The summed E-state index contributed by atoms with van der Waals surface area (Å²) < 4.78 is 2.80. The lowest BCUT2D eigenvalue weighted by Crippen LogP contribution is -2.07. The molecule has 96 valence electrons. The molecular formula is C14H19N3S. The van der Waals surface area contributed by atoms with Crippen molar-refractivity contribution in [1.82, 2.24) is 14.8 Å². The maximum Gasteiger partial charge on any atom is 0.195 e. The molecule has 0 atom stereocenters. The first-order valence-electron chi connectivity index (χ1n) is 6.29. The highest BCUT2D eigenvalue weighted by molar-refractivity contribution is 7.71. The van der Waals surface area contributed by atoms with E-state index in [9.17, 15) is 0 Å². The number of nitrogens with one attached hydrogen (secondary N) is 1. The first-order valence-corrected chi connectivity index (χ1v) is 6.70. The zero-order chi connectivity index (χ0) is 13.1. The minimum absolute atomic E-state index is 0.351. The number of aromatic nitrogens is 3. The second-order valence-electron chi connectivity index (χ2n) is 4.90. The molecule has 1 aromatic carbocycles. The van der Waals surface area contributed by atoms with Crippen molar-refractivity contribution >= 4 is 12.2 Å². The Morgan fingerprint density at radius 3 is 2.78 bits per heavy atom. The summed E-state index contributed by atoms with van der Waals surface area (Å²) in [5, 5.41) is 7.20. The van der Waals surface area contributed by atoms with Gasteiger partial charge in [0.05, 0.1) is 0 Å². The van der Waals surface area contributed by atoms with Crippen LogP contribution in [-0.2, 0) is 12.8 Å².